The van der Waals surface area contributed by atoms with Crippen LogP contribution in [0.1, 0.15) is 41.4 Å². The number of anilines is 1. The van der Waals surface area contributed by atoms with Crippen LogP contribution in [-0.4, -0.2) is 10.5 Å². The minimum absolute atomic E-state index is 0.131. The molecule has 3 aromatic rings. The highest BCUT2D eigenvalue weighted by Crippen LogP contribution is 2.30. The molecule has 2 aromatic carbocycles. The number of benzene rings is 2. The summed E-state index contributed by atoms with van der Waals surface area (Å²) in [5.74, 6) is 0.307. The minimum Gasteiger partial charge on any atom is -0.332 e. The molecule has 1 N–H and O–H groups in total. The number of rotatable bonds is 5. The predicted molar refractivity (Wildman–Crippen MR) is 110 cm³/mol. The van der Waals surface area contributed by atoms with E-state index < -0.39 is 0 Å². The first-order chi connectivity index (χ1) is 12.4. The number of aryl methyl sites for hydroxylation is 1. The zero-order valence-corrected chi connectivity index (χ0v) is 16.1. The molecule has 3 rings (SSSR count). The average Bonchev–Trinajstić information content (AvgIpc) is 2.89. The van der Waals surface area contributed by atoms with Crippen molar-refractivity contribution in [3.05, 3.63) is 77.0 Å². The van der Waals surface area contributed by atoms with Gasteiger partial charge >= 0.3 is 0 Å². The van der Waals surface area contributed by atoms with Gasteiger partial charge in [0.25, 0.3) is 5.91 Å². The van der Waals surface area contributed by atoms with E-state index in [2.05, 4.69) is 43.9 Å². The van der Waals surface area contributed by atoms with E-state index in [0.717, 1.165) is 22.2 Å². The third-order valence-corrected chi connectivity index (χ3v) is 4.89. The lowest BCUT2D eigenvalue weighted by molar-refractivity contribution is 0.101. The Morgan fingerprint density at radius 1 is 1.23 bits per heavy atom. The van der Waals surface area contributed by atoms with Crippen molar-refractivity contribution in [2.24, 2.45) is 0 Å². The lowest BCUT2D eigenvalue weighted by Crippen LogP contribution is -2.18. The molecule has 3 nitrogen and oxygen atoms in total. The first-order valence-corrected chi connectivity index (χ1v) is 9.10. The van der Waals surface area contributed by atoms with E-state index in [4.69, 9.17) is 11.6 Å². The van der Waals surface area contributed by atoms with Crippen molar-refractivity contribution in [1.82, 2.24) is 4.57 Å². The Hall–Kier alpha value is -2.52. The second kappa shape index (κ2) is 7.38. The highest BCUT2D eigenvalue weighted by atomic mass is 35.5. The third-order valence-electron chi connectivity index (χ3n) is 4.64. The van der Waals surface area contributed by atoms with Gasteiger partial charge in [-0.15, -0.1) is 6.58 Å². The Morgan fingerprint density at radius 2 is 1.92 bits per heavy atom. The van der Waals surface area contributed by atoms with E-state index in [-0.39, 0.29) is 5.91 Å². The Kier molecular flexibility index (Phi) is 5.19. The van der Waals surface area contributed by atoms with Crippen molar-refractivity contribution in [2.45, 2.75) is 33.2 Å². The summed E-state index contributed by atoms with van der Waals surface area (Å²) in [7, 11) is 0. The van der Waals surface area contributed by atoms with Crippen LogP contribution in [0.3, 0.4) is 0 Å². The Balaban J connectivity index is 2.09. The third kappa shape index (κ3) is 3.40. The molecule has 0 spiro atoms. The molecule has 0 bridgehead atoms. The number of aromatic nitrogens is 1. The van der Waals surface area contributed by atoms with E-state index in [1.165, 1.54) is 5.56 Å². The van der Waals surface area contributed by atoms with Crippen LogP contribution in [0.5, 0.6) is 0 Å². The molecule has 0 fully saturated rings. The quantitative estimate of drug-likeness (QED) is 0.538. The van der Waals surface area contributed by atoms with Crippen molar-refractivity contribution in [3.63, 3.8) is 0 Å². The first-order valence-electron chi connectivity index (χ1n) is 8.73. The largest absolute Gasteiger partial charge is 0.332 e. The SMILES string of the molecule is C=CCn1c(C(=O)Nc2ccc(Cl)cc2)c(C)c2cc(C(C)C)ccc21. The summed E-state index contributed by atoms with van der Waals surface area (Å²) in [6.07, 6.45) is 1.81. The van der Waals surface area contributed by atoms with Crippen LogP contribution in [0, 0.1) is 6.92 Å². The molecule has 1 heterocycles. The number of carbonyl (C=O) groups is 1. The molecule has 0 aliphatic heterocycles. The monoisotopic (exact) mass is 366 g/mol. The van der Waals surface area contributed by atoms with Gasteiger partial charge in [-0.05, 0) is 60.4 Å². The van der Waals surface area contributed by atoms with Crippen LogP contribution < -0.4 is 5.32 Å². The Labute approximate surface area is 159 Å². The van der Waals surface area contributed by atoms with Gasteiger partial charge in [-0.1, -0.05) is 37.6 Å². The smallest absolute Gasteiger partial charge is 0.272 e. The number of nitrogens with one attached hydrogen (secondary N) is 1. The maximum Gasteiger partial charge on any atom is 0.272 e. The summed E-state index contributed by atoms with van der Waals surface area (Å²) in [5, 5.41) is 4.72. The van der Waals surface area contributed by atoms with Gasteiger partial charge in [0, 0.05) is 28.2 Å². The molecule has 0 atom stereocenters. The molecular weight excluding hydrogens is 344 g/mol. The van der Waals surface area contributed by atoms with Crippen LogP contribution in [0.15, 0.2) is 55.1 Å². The number of fused-ring (bicyclic) bond motifs is 1. The van der Waals surface area contributed by atoms with Crippen molar-refractivity contribution in [3.8, 4) is 0 Å². The van der Waals surface area contributed by atoms with E-state index in [1.807, 2.05) is 17.6 Å². The maximum atomic E-state index is 13.0. The molecule has 0 aliphatic rings. The molecule has 0 aliphatic carbocycles. The molecule has 0 radical (unpaired) electrons. The summed E-state index contributed by atoms with van der Waals surface area (Å²) in [6, 6.07) is 13.5. The highest BCUT2D eigenvalue weighted by Gasteiger charge is 2.20. The molecule has 1 aromatic heterocycles. The van der Waals surface area contributed by atoms with Gasteiger partial charge in [0.1, 0.15) is 5.69 Å². The summed E-state index contributed by atoms with van der Waals surface area (Å²) in [6.45, 7) is 10.8. The average molecular weight is 367 g/mol. The van der Waals surface area contributed by atoms with Crippen LogP contribution >= 0.6 is 11.6 Å². The Bertz CT molecular complexity index is 968. The van der Waals surface area contributed by atoms with Gasteiger partial charge < -0.3 is 9.88 Å². The summed E-state index contributed by atoms with van der Waals surface area (Å²) < 4.78 is 2.02. The van der Waals surface area contributed by atoms with Crippen molar-refractivity contribution < 1.29 is 4.79 Å². The summed E-state index contributed by atoms with van der Waals surface area (Å²) in [5.41, 5.74) is 4.68. The second-order valence-electron chi connectivity index (χ2n) is 6.77. The standard InChI is InChI=1S/C22H23ClN2O/c1-5-12-25-20-11-6-16(14(2)3)13-19(20)15(4)21(25)22(26)24-18-9-7-17(23)8-10-18/h5-11,13-14H,1,12H2,2-4H3,(H,24,26). The predicted octanol–water partition coefficient (Wildman–Crippen LogP) is 6.16. The fraction of sp³-hybridized carbons (Fsp3) is 0.227. The number of allylic oxidation sites excluding steroid dienone is 1. The fourth-order valence-corrected chi connectivity index (χ4v) is 3.36. The fourth-order valence-electron chi connectivity index (χ4n) is 3.23. The van der Waals surface area contributed by atoms with Crippen LogP contribution in [0.25, 0.3) is 10.9 Å². The van der Waals surface area contributed by atoms with Gasteiger partial charge in [-0.25, -0.2) is 0 Å². The van der Waals surface area contributed by atoms with Crippen LogP contribution in [-0.2, 0) is 6.54 Å². The van der Waals surface area contributed by atoms with E-state index in [1.54, 1.807) is 24.3 Å². The lowest BCUT2D eigenvalue weighted by Gasteiger charge is -2.10. The summed E-state index contributed by atoms with van der Waals surface area (Å²) in [4.78, 5) is 13.0. The van der Waals surface area contributed by atoms with E-state index in [0.29, 0.717) is 23.2 Å². The maximum absolute atomic E-state index is 13.0. The Morgan fingerprint density at radius 3 is 2.54 bits per heavy atom. The molecular formula is C22H23ClN2O. The number of hydrogen-bond acceptors (Lipinski definition) is 1. The van der Waals surface area contributed by atoms with Crippen molar-refractivity contribution in [1.29, 1.82) is 0 Å². The van der Waals surface area contributed by atoms with Gasteiger partial charge in [-0.3, -0.25) is 4.79 Å². The summed E-state index contributed by atoms with van der Waals surface area (Å²) >= 11 is 5.92. The number of amides is 1. The lowest BCUT2D eigenvalue weighted by atomic mass is 10.0. The van der Waals surface area contributed by atoms with E-state index >= 15 is 0 Å². The number of nitrogens with zero attached hydrogens (tertiary/aromatic N) is 1. The van der Waals surface area contributed by atoms with E-state index in [9.17, 15) is 4.79 Å². The number of carbonyl (C=O) groups excluding carboxylic acids is 1. The molecule has 0 saturated carbocycles. The van der Waals surface area contributed by atoms with Crippen LogP contribution in [0.2, 0.25) is 5.02 Å². The normalized spacial score (nSPS) is 11.1. The minimum atomic E-state index is -0.131. The molecule has 1 amide bonds. The molecule has 4 heteroatoms. The van der Waals surface area contributed by atoms with Gasteiger partial charge in [0.15, 0.2) is 0 Å². The molecule has 0 saturated heterocycles. The molecule has 0 unspecified atom stereocenters. The van der Waals surface area contributed by atoms with Crippen molar-refractivity contribution in [2.75, 3.05) is 5.32 Å². The number of halogens is 1. The van der Waals surface area contributed by atoms with Crippen molar-refractivity contribution >= 4 is 34.1 Å². The number of hydrogen-bond donors (Lipinski definition) is 1. The zero-order chi connectivity index (χ0) is 18.8. The van der Waals surface area contributed by atoms with Gasteiger partial charge in [0.2, 0.25) is 0 Å². The van der Waals surface area contributed by atoms with Gasteiger partial charge in [0.05, 0.1) is 0 Å². The van der Waals surface area contributed by atoms with Gasteiger partial charge in [-0.2, -0.15) is 0 Å². The highest BCUT2D eigenvalue weighted by molar-refractivity contribution is 6.30. The first kappa shape index (κ1) is 18.3. The molecule has 134 valence electrons. The molecule has 26 heavy (non-hydrogen) atoms. The van der Waals surface area contributed by atoms with Crippen LogP contribution in [0.4, 0.5) is 5.69 Å². The second-order valence-corrected chi connectivity index (χ2v) is 7.20. The topological polar surface area (TPSA) is 34.0 Å². The zero-order valence-electron chi connectivity index (χ0n) is 15.3.